The third-order valence-electron chi connectivity index (χ3n) is 15.7. The van der Waals surface area contributed by atoms with Crippen molar-refractivity contribution in [3.63, 3.8) is 0 Å². The molecule has 12 rings (SSSR count). The Morgan fingerprint density at radius 3 is 1.07 bits per heavy atom. The van der Waals surface area contributed by atoms with Gasteiger partial charge in [-0.05, 0) is 129 Å². The van der Waals surface area contributed by atoms with E-state index in [4.69, 9.17) is 37.9 Å². The van der Waals surface area contributed by atoms with Crippen LogP contribution >= 0.6 is 0 Å². The molecular weight excluding hydrogens is 949 g/mol. The third-order valence-corrected chi connectivity index (χ3v) is 15.7. The Bertz CT molecular complexity index is 3050. The Hall–Kier alpha value is -7.56. The molecule has 9 nitrogen and oxygen atoms in total. The van der Waals surface area contributed by atoms with E-state index >= 15 is 0 Å². The number of epoxide rings is 2. The minimum Gasteiger partial charge on any atom is -0.491 e. The molecule has 9 heteroatoms. The number of rotatable bonds is 24. The van der Waals surface area contributed by atoms with Gasteiger partial charge < -0.3 is 43.0 Å². The van der Waals surface area contributed by atoms with Gasteiger partial charge in [0, 0.05) is 22.7 Å². The van der Waals surface area contributed by atoms with Gasteiger partial charge in [-0.1, -0.05) is 149 Å². The molecule has 8 aromatic rings. The minimum absolute atomic E-state index is 0.0784. The van der Waals surface area contributed by atoms with Crippen molar-refractivity contribution in [1.29, 1.82) is 0 Å². The fourth-order valence-corrected chi connectivity index (χ4v) is 10.4. The van der Waals surface area contributed by atoms with Crippen molar-refractivity contribution in [2.24, 2.45) is 0 Å². The van der Waals surface area contributed by atoms with Gasteiger partial charge >= 0.3 is 0 Å². The van der Waals surface area contributed by atoms with E-state index in [2.05, 4.69) is 173 Å². The van der Waals surface area contributed by atoms with Gasteiger partial charge in [-0.2, -0.15) is 0 Å². The van der Waals surface area contributed by atoms with Gasteiger partial charge in [0.25, 0.3) is 0 Å². The first-order chi connectivity index (χ1) is 37.0. The van der Waals surface area contributed by atoms with Crippen molar-refractivity contribution in [2.75, 3.05) is 39.6 Å². The van der Waals surface area contributed by atoms with Crippen molar-refractivity contribution >= 4 is 0 Å². The summed E-state index contributed by atoms with van der Waals surface area (Å²) in [5.41, 5.74) is 11.6. The Kier molecular flexibility index (Phi) is 13.5. The number of aliphatic hydroxyl groups excluding tert-OH is 1. The van der Waals surface area contributed by atoms with Gasteiger partial charge in [0.2, 0.25) is 0 Å². The molecule has 0 saturated carbocycles. The zero-order valence-electron chi connectivity index (χ0n) is 43.6. The van der Waals surface area contributed by atoms with Crippen molar-refractivity contribution < 1.29 is 43.0 Å². The molecule has 0 amide bonds. The van der Waals surface area contributed by atoms with Gasteiger partial charge in [-0.25, -0.2) is 0 Å². The van der Waals surface area contributed by atoms with Crippen LogP contribution in [-0.2, 0) is 33.1 Å². The van der Waals surface area contributed by atoms with Crippen LogP contribution in [0.2, 0.25) is 0 Å². The van der Waals surface area contributed by atoms with Crippen molar-refractivity contribution in [3.05, 3.63) is 238 Å². The van der Waals surface area contributed by atoms with Gasteiger partial charge in [0.15, 0.2) is 23.0 Å². The first-order valence-electron chi connectivity index (χ1n) is 26.6. The van der Waals surface area contributed by atoms with Crippen molar-refractivity contribution in [3.8, 4) is 46.0 Å². The van der Waals surface area contributed by atoms with Crippen molar-refractivity contribution in [1.82, 2.24) is 0 Å². The van der Waals surface area contributed by atoms with Gasteiger partial charge in [-0.15, -0.1) is 0 Å². The van der Waals surface area contributed by atoms with E-state index in [0.29, 0.717) is 24.7 Å². The zero-order chi connectivity index (χ0) is 51.8. The highest BCUT2D eigenvalue weighted by Crippen LogP contribution is 2.51. The fraction of sp³-hybridized carbons (Fsp3) is 0.284. The molecule has 2 saturated heterocycles. The summed E-state index contributed by atoms with van der Waals surface area (Å²) in [5.74, 6) is 7.12. The first-order valence-corrected chi connectivity index (χ1v) is 26.6. The van der Waals surface area contributed by atoms with Crippen LogP contribution in [0.3, 0.4) is 0 Å². The van der Waals surface area contributed by atoms with Gasteiger partial charge in [0.05, 0.1) is 13.2 Å². The first kappa shape index (κ1) is 49.3. The van der Waals surface area contributed by atoms with E-state index in [1.165, 1.54) is 55.6 Å². The molecule has 0 aromatic heterocycles. The summed E-state index contributed by atoms with van der Waals surface area (Å²) in [6.45, 7) is 12.0. The van der Waals surface area contributed by atoms with E-state index in [-0.39, 0.29) is 48.1 Å². The molecule has 4 aliphatic rings. The summed E-state index contributed by atoms with van der Waals surface area (Å²) in [5, 5.41) is 11.1. The van der Waals surface area contributed by atoms with Crippen LogP contribution in [0, 0.1) is 0 Å². The normalized spacial score (nSPS) is 16.9. The molecule has 0 aliphatic carbocycles. The monoisotopic (exact) mass is 1010 g/mol. The quantitative estimate of drug-likeness (QED) is 0.0592. The standard InChI is InChI=1S/C67H64O9/c1-66(2,51-23-31-56(32-24-51)71-39-58-41-73-58)49-19-11-43(12-20-49)60(35-47-7-5-9-62-64(47)75-62)45-15-27-54(28-16-45)69-37-53(68)38-70-55-29-17-46(18-30-55)61(36-48-8-6-10-63-65(48)76-63)44-13-21-50(22-14-44)67(3,4)52-25-33-57(34-26-52)72-40-59-42-74-59/h5-34,53,58-61,68H,35-42H2,1-4H3/t53?,58-,59-,60?,61?/m1/s1. The highest BCUT2D eigenvalue weighted by atomic mass is 16.6. The molecular formula is C67H64O9. The molecule has 4 aliphatic heterocycles. The Morgan fingerprint density at radius 1 is 0.421 bits per heavy atom. The second kappa shape index (κ2) is 20.9. The third kappa shape index (κ3) is 11.3. The van der Waals surface area contributed by atoms with E-state index < -0.39 is 6.10 Å². The highest BCUT2D eigenvalue weighted by molar-refractivity contribution is 5.61. The molecule has 4 heterocycles. The lowest BCUT2D eigenvalue weighted by molar-refractivity contribution is 0.0626. The lowest BCUT2D eigenvalue weighted by atomic mass is 9.77. The maximum absolute atomic E-state index is 11.1. The molecule has 2 fully saturated rings. The Morgan fingerprint density at radius 2 is 0.724 bits per heavy atom. The number of hydrogen-bond acceptors (Lipinski definition) is 9. The molecule has 386 valence electrons. The summed E-state index contributed by atoms with van der Waals surface area (Å²) in [6, 6.07) is 63.9. The predicted molar refractivity (Wildman–Crippen MR) is 295 cm³/mol. The van der Waals surface area contributed by atoms with E-state index in [1.807, 2.05) is 36.4 Å². The summed E-state index contributed by atoms with van der Waals surface area (Å²) in [4.78, 5) is 0. The molecule has 0 radical (unpaired) electrons. The van der Waals surface area contributed by atoms with Crippen LogP contribution < -0.4 is 28.4 Å². The number of fused-ring (bicyclic) bond motifs is 2. The van der Waals surface area contributed by atoms with E-state index in [0.717, 1.165) is 60.6 Å². The maximum Gasteiger partial charge on any atom is 0.173 e. The topological polar surface area (TPSA) is 107 Å². The maximum atomic E-state index is 11.1. The number of para-hydroxylation sites is 2. The summed E-state index contributed by atoms with van der Waals surface area (Å²) < 4.78 is 46.3. The van der Waals surface area contributed by atoms with Crippen LogP contribution in [0.1, 0.15) is 95.2 Å². The number of hydrogen-bond donors (Lipinski definition) is 1. The smallest absolute Gasteiger partial charge is 0.173 e. The van der Waals surface area contributed by atoms with E-state index in [9.17, 15) is 5.11 Å². The number of benzene rings is 8. The molecule has 0 bridgehead atoms. The van der Waals surface area contributed by atoms with Crippen LogP contribution in [-0.4, -0.2) is 63.1 Å². The van der Waals surface area contributed by atoms with Crippen LogP contribution in [0.4, 0.5) is 0 Å². The number of ether oxygens (including phenoxy) is 8. The van der Waals surface area contributed by atoms with Gasteiger partial charge in [0.1, 0.15) is 67.7 Å². The zero-order valence-corrected chi connectivity index (χ0v) is 43.6. The average molecular weight is 1010 g/mol. The lowest BCUT2D eigenvalue weighted by Crippen LogP contribution is -2.25. The molecule has 0 spiro atoms. The Labute approximate surface area is 445 Å². The second-order valence-corrected chi connectivity index (χ2v) is 21.7. The molecule has 4 atom stereocenters. The van der Waals surface area contributed by atoms with Crippen LogP contribution in [0.15, 0.2) is 182 Å². The molecule has 2 unspecified atom stereocenters. The predicted octanol–water partition coefficient (Wildman–Crippen LogP) is 13.7. The van der Waals surface area contributed by atoms with Crippen LogP contribution in [0.25, 0.3) is 0 Å². The molecule has 1 N–H and O–H groups in total. The lowest BCUT2D eigenvalue weighted by Gasteiger charge is -2.27. The SMILES string of the molecule is CC(C)(c1ccc(OC[C@@H]2CO2)cc1)c1ccc(C(Cc2cccc3c2O3)c2ccc(OCC(O)COc3ccc(C(Cc4cccc5c4O5)c4ccc(C(C)(C)c5ccc(OC[C@@H]6CO6)cc5)cc4)cc3)cc2)cc1. The summed E-state index contributed by atoms with van der Waals surface area (Å²) in [6.07, 6.45) is 1.19. The Balaban J connectivity index is 0.676. The number of aliphatic hydroxyl groups is 1. The summed E-state index contributed by atoms with van der Waals surface area (Å²) in [7, 11) is 0. The second-order valence-electron chi connectivity index (χ2n) is 21.7. The van der Waals surface area contributed by atoms with E-state index in [1.54, 1.807) is 0 Å². The van der Waals surface area contributed by atoms with Crippen molar-refractivity contribution in [2.45, 2.75) is 81.5 Å². The highest BCUT2D eigenvalue weighted by Gasteiger charge is 2.31. The molecule has 76 heavy (non-hydrogen) atoms. The largest absolute Gasteiger partial charge is 0.491 e. The minimum atomic E-state index is -0.840. The fourth-order valence-electron chi connectivity index (χ4n) is 10.4. The summed E-state index contributed by atoms with van der Waals surface area (Å²) >= 11 is 0. The van der Waals surface area contributed by atoms with Gasteiger partial charge in [-0.3, -0.25) is 0 Å². The average Bonchev–Trinajstić information content (AvgIpc) is 4.22. The molecule has 8 aromatic carbocycles. The van der Waals surface area contributed by atoms with Crippen LogP contribution in [0.5, 0.6) is 46.0 Å².